The maximum atomic E-state index is 12.4. The van der Waals surface area contributed by atoms with Crippen LogP contribution in [0.3, 0.4) is 0 Å². The number of sulfonamides is 1. The van der Waals surface area contributed by atoms with Gasteiger partial charge in [0.15, 0.2) is 5.82 Å². The van der Waals surface area contributed by atoms with Gasteiger partial charge in [0.05, 0.1) is 5.25 Å². The monoisotopic (exact) mass is 348 g/mol. The van der Waals surface area contributed by atoms with Crippen molar-refractivity contribution in [2.24, 2.45) is 7.05 Å². The molecule has 1 N–H and O–H groups in total. The molecule has 1 heterocycles. The molecule has 1 fully saturated rings. The first-order chi connectivity index (χ1) is 11.4. The van der Waals surface area contributed by atoms with Crippen LogP contribution in [0.4, 0.5) is 0 Å². The molecule has 2 atom stereocenters. The van der Waals surface area contributed by atoms with Gasteiger partial charge in [-0.15, -0.1) is 0 Å². The van der Waals surface area contributed by atoms with E-state index in [-0.39, 0.29) is 17.1 Å². The van der Waals surface area contributed by atoms with Gasteiger partial charge in [0.1, 0.15) is 5.82 Å². The van der Waals surface area contributed by atoms with Crippen molar-refractivity contribution in [1.82, 2.24) is 19.5 Å². The summed E-state index contributed by atoms with van der Waals surface area (Å²) >= 11 is 0. The zero-order valence-electron chi connectivity index (χ0n) is 14.3. The highest BCUT2D eigenvalue weighted by molar-refractivity contribution is 7.90. The van der Waals surface area contributed by atoms with E-state index in [1.165, 1.54) is 0 Å². The molecule has 0 saturated heterocycles. The molecule has 6 nitrogen and oxygen atoms in total. The third-order valence-corrected chi connectivity index (χ3v) is 6.32. The van der Waals surface area contributed by atoms with E-state index >= 15 is 0 Å². The average molecular weight is 348 g/mol. The summed E-state index contributed by atoms with van der Waals surface area (Å²) in [5.41, 5.74) is 1.10. The fourth-order valence-electron chi connectivity index (χ4n) is 2.88. The van der Waals surface area contributed by atoms with Crippen molar-refractivity contribution < 1.29 is 8.42 Å². The van der Waals surface area contributed by atoms with Crippen LogP contribution >= 0.6 is 0 Å². The van der Waals surface area contributed by atoms with Crippen molar-refractivity contribution in [3.05, 3.63) is 47.5 Å². The summed E-state index contributed by atoms with van der Waals surface area (Å²) in [6, 6.07) is 9.83. The zero-order valence-corrected chi connectivity index (χ0v) is 15.1. The first-order valence-corrected chi connectivity index (χ1v) is 9.86. The summed E-state index contributed by atoms with van der Waals surface area (Å²) in [5, 5.41) is 4.04. The third-order valence-electron chi connectivity index (χ3n) is 4.40. The second kappa shape index (κ2) is 6.64. The van der Waals surface area contributed by atoms with Crippen molar-refractivity contribution >= 4 is 10.0 Å². The van der Waals surface area contributed by atoms with Crippen LogP contribution in [-0.2, 0) is 23.5 Å². The number of aryl methyl sites for hydroxylation is 1. The number of rotatable bonds is 7. The van der Waals surface area contributed by atoms with Gasteiger partial charge in [-0.25, -0.2) is 18.1 Å². The number of hydrogen-bond acceptors (Lipinski definition) is 4. The Labute approximate surface area is 143 Å². The van der Waals surface area contributed by atoms with E-state index in [1.54, 1.807) is 4.68 Å². The summed E-state index contributed by atoms with van der Waals surface area (Å²) < 4.78 is 29.3. The van der Waals surface area contributed by atoms with E-state index in [1.807, 2.05) is 51.2 Å². The molecule has 0 aliphatic heterocycles. The number of hydrogen-bond donors (Lipinski definition) is 1. The first-order valence-electron chi connectivity index (χ1n) is 8.31. The highest BCUT2D eigenvalue weighted by Crippen LogP contribution is 2.45. The van der Waals surface area contributed by atoms with Gasteiger partial charge in [0.25, 0.3) is 0 Å². The second-order valence-corrected chi connectivity index (χ2v) is 8.63. The number of benzene rings is 1. The predicted octanol–water partition coefficient (Wildman–Crippen LogP) is 1.96. The average Bonchev–Trinajstić information content (AvgIpc) is 3.28. The molecular weight excluding hydrogens is 324 g/mol. The molecule has 1 aromatic carbocycles. The van der Waals surface area contributed by atoms with Gasteiger partial charge >= 0.3 is 0 Å². The molecule has 0 amide bonds. The molecule has 0 spiro atoms. The maximum absolute atomic E-state index is 12.4. The van der Waals surface area contributed by atoms with Crippen LogP contribution in [0.25, 0.3) is 0 Å². The lowest BCUT2D eigenvalue weighted by Crippen LogP contribution is -2.30. The Hall–Kier alpha value is -1.73. The Morgan fingerprint density at radius 3 is 2.62 bits per heavy atom. The minimum absolute atomic E-state index is 0.117. The largest absolute Gasteiger partial charge is 0.253 e. The normalized spacial score (nSPS) is 20.5. The van der Waals surface area contributed by atoms with Crippen molar-refractivity contribution in [2.45, 2.75) is 43.8 Å². The molecule has 2 aromatic rings. The summed E-state index contributed by atoms with van der Waals surface area (Å²) in [6.45, 7) is 4.43. The highest BCUT2D eigenvalue weighted by Gasteiger charge is 2.47. The van der Waals surface area contributed by atoms with Crippen LogP contribution in [0.5, 0.6) is 0 Å². The van der Waals surface area contributed by atoms with Crippen LogP contribution in [0.15, 0.2) is 30.3 Å². The molecule has 1 aliphatic carbocycles. The molecule has 1 aromatic heterocycles. The van der Waals surface area contributed by atoms with Gasteiger partial charge in [-0.05, 0) is 12.0 Å². The molecular formula is C17H24N4O2S. The molecule has 1 aliphatic rings. The van der Waals surface area contributed by atoms with E-state index in [0.29, 0.717) is 19.4 Å². The summed E-state index contributed by atoms with van der Waals surface area (Å²) in [6.07, 6.45) is 1.24. The maximum Gasteiger partial charge on any atom is 0.215 e. The van der Waals surface area contributed by atoms with Crippen molar-refractivity contribution in [3.8, 4) is 0 Å². The quantitative estimate of drug-likeness (QED) is 0.830. The standard InChI is InChI=1S/C17H24N4O2S/c1-12(2)17-19-16(21(3)20-17)9-10-18-24(22,23)15-11-14(15)13-7-5-4-6-8-13/h4-8,12,14-15,18H,9-11H2,1-3H3. The summed E-state index contributed by atoms with van der Waals surface area (Å²) in [5.74, 6) is 1.98. The lowest BCUT2D eigenvalue weighted by atomic mass is 10.1. The first kappa shape index (κ1) is 17.1. The Morgan fingerprint density at radius 2 is 2.00 bits per heavy atom. The lowest BCUT2D eigenvalue weighted by molar-refractivity contribution is 0.577. The van der Waals surface area contributed by atoms with Crippen LogP contribution < -0.4 is 4.72 Å². The molecule has 24 heavy (non-hydrogen) atoms. The second-order valence-electron chi connectivity index (χ2n) is 6.65. The summed E-state index contributed by atoms with van der Waals surface area (Å²) in [7, 11) is -1.44. The Balaban J connectivity index is 1.55. The minimum atomic E-state index is -3.28. The topological polar surface area (TPSA) is 76.9 Å². The predicted molar refractivity (Wildman–Crippen MR) is 93.3 cm³/mol. The number of nitrogens with zero attached hydrogens (tertiary/aromatic N) is 3. The van der Waals surface area contributed by atoms with Gasteiger partial charge in [-0.1, -0.05) is 44.2 Å². The third kappa shape index (κ3) is 3.67. The van der Waals surface area contributed by atoms with Crippen LogP contribution in [0, 0.1) is 0 Å². The molecule has 1 saturated carbocycles. The number of aromatic nitrogens is 3. The highest BCUT2D eigenvalue weighted by atomic mass is 32.2. The van der Waals surface area contributed by atoms with E-state index < -0.39 is 10.0 Å². The molecule has 130 valence electrons. The number of nitrogens with one attached hydrogen (secondary N) is 1. The summed E-state index contributed by atoms with van der Waals surface area (Å²) in [4.78, 5) is 4.47. The van der Waals surface area contributed by atoms with E-state index in [0.717, 1.165) is 17.2 Å². The smallest absolute Gasteiger partial charge is 0.215 e. The fraction of sp³-hybridized carbons (Fsp3) is 0.529. The van der Waals surface area contributed by atoms with Crippen LogP contribution in [-0.4, -0.2) is 35.0 Å². The molecule has 2 unspecified atom stereocenters. The molecule has 7 heteroatoms. The minimum Gasteiger partial charge on any atom is -0.253 e. The Kier molecular flexibility index (Phi) is 4.73. The van der Waals surface area contributed by atoms with Crippen LogP contribution in [0.1, 0.15) is 49.3 Å². The fourth-order valence-corrected chi connectivity index (χ4v) is 4.53. The molecule has 0 bridgehead atoms. The van der Waals surface area contributed by atoms with Gasteiger partial charge in [0, 0.05) is 31.8 Å². The van der Waals surface area contributed by atoms with E-state index in [9.17, 15) is 8.42 Å². The van der Waals surface area contributed by atoms with Gasteiger partial charge in [0.2, 0.25) is 10.0 Å². The molecule has 0 radical (unpaired) electrons. The molecule has 3 rings (SSSR count). The van der Waals surface area contributed by atoms with Crippen LogP contribution in [0.2, 0.25) is 0 Å². The van der Waals surface area contributed by atoms with Crippen molar-refractivity contribution in [2.75, 3.05) is 6.54 Å². The lowest BCUT2D eigenvalue weighted by Gasteiger charge is -2.06. The van der Waals surface area contributed by atoms with E-state index in [4.69, 9.17) is 0 Å². The van der Waals surface area contributed by atoms with Gasteiger partial charge < -0.3 is 0 Å². The van der Waals surface area contributed by atoms with Gasteiger partial charge in [-0.3, -0.25) is 4.68 Å². The van der Waals surface area contributed by atoms with E-state index in [2.05, 4.69) is 14.8 Å². The Morgan fingerprint density at radius 1 is 1.29 bits per heavy atom. The van der Waals surface area contributed by atoms with Gasteiger partial charge in [-0.2, -0.15) is 5.10 Å². The Bertz CT molecular complexity index is 799. The van der Waals surface area contributed by atoms with Crippen molar-refractivity contribution in [3.63, 3.8) is 0 Å². The SMILES string of the molecule is CC(C)c1nc(CCNS(=O)(=O)C2CC2c2ccccc2)n(C)n1. The zero-order chi connectivity index (χ0) is 17.3. The van der Waals surface area contributed by atoms with Crippen molar-refractivity contribution in [1.29, 1.82) is 0 Å².